The molecule has 0 saturated carbocycles. The zero-order valence-corrected chi connectivity index (χ0v) is 11.3. The maximum atomic E-state index is 13.5. The van der Waals surface area contributed by atoms with Gasteiger partial charge in [0.25, 0.3) is 0 Å². The number of fused-ring (bicyclic) bond motifs is 1. The van der Waals surface area contributed by atoms with Crippen LogP contribution in [0.5, 0.6) is 0 Å². The third-order valence-corrected chi connectivity index (χ3v) is 3.79. The summed E-state index contributed by atoms with van der Waals surface area (Å²) in [6.07, 6.45) is 2.19. The number of aromatic nitrogens is 1. The molecule has 0 bridgehead atoms. The molecule has 1 N–H and O–H groups in total. The predicted octanol–water partition coefficient (Wildman–Crippen LogP) is 3.10. The molecular weight excluding hydrogens is 274 g/mol. The fourth-order valence-electron chi connectivity index (χ4n) is 2.66. The van der Waals surface area contributed by atoms with E-state index in [0.717, 1.165) is 24.5 Å². The molecular formula is C16H14F2N2O. The van der Waals surface area contributed by atoms with E-state index >= 15 is 0 Å². The first kappa shape index (κ1) is 13.7. The molecule has 0 radical (unpaired) electrons. The summed E-state index contributed by atoms with van der Waals surface area (Å²) in [5.74, 6) is -2.36. The molecule has 1 heterocycles. The SMILES string of the molecule is O=C(Nc1ccc(F)nc1F)C1CCc2ccccc2C1. The number of hydrogen-bond donors (Lipinski definition) is 1. The van der Waals surface area contributed by atoms with Gasteiger partial charge in [0.2, 0.25) is 17.8 Å². The van der Waals surface area contributed by atoms with Gasteiger partial charge in [-0.2, -0.15) is 13.8 Å². The monoisotopic (exact) mass is 288 g/mol. The van der Waals surface area contributed by atoms with Crippen molar-refractivity contribution < 1.29 is 13.6 Å². The lowest BCUT2D eigenvalue weighted by Crippen LogP contribution is -2.28. The number of carbonyl (C=O) groups excluding carboxylic acids is 1. The Morgan fingerprint density at radius 3 is 2.67 bits per heavy atom. The van der Waals surface area contributed by atoms with Crippen LogP contribution in [0.1, 0.15) is 17.5 Å². The summed E-state index contributed by atoms with van der Waals surface area (Å²) in [5.41, 5.74) is 2.33. The maximum Gasteiger partial charge on any atom is 0.239 e. The summed E-state index contributed by atoms with van der Waals surface area (Å²) in [5, 5.41) is 2.49. The van der Waals surface area contributed by atoms with Crippen molar-refractivity contribution in [2.24, 2.45) is 5.92 Å². The van der Waals surface area contributed by atoms with E-state index in [1.807, 2.05) is 18.2 Å². The van der Waals surface area contributed by atoms with Crippen LogP contribution in [0.3, 0.4) is 0 Å². The number of amides is 1. The Morgan fingerprint density at radius 2 is 1.90 bits per heavy atom. The van der Waals surface area contributed by atoms with E-state index in [-0.39, 0.29) is 17.5 Å². The zero-order valence-electron chi connectivity index (χ0n) is 11.3. The molecule has 1 aromatic carbocycles. The van der Waals surface area contributed by atoms with Crippen molar-refractivity contribution in [1.29, 1.82) is 0 Å². The molecule has 0 spiro atoms. The van der Waals surface area contributed by atoms with E-state index in [1.54, 1.807) is 0 Å². The molecule has 108 valence electrons. The highest BCUT2D eigenvalue weighted by molar-refractivity contribution is 5.92. The second kappa shape index (κ2) is 5.60. The molecule has 1 atom stereocenters. The number of halogens is 2. The molecule has 1 aromatic heterocycles. The van der Waals surface area contributed by atoms with E-state index < -0.39 is 11.9 Å². The van der Waals surface area contributed by atoms with Gasteiger partial charge in [0, 0.05) is 5.92 Å². The van der Waals surface area contributed by atoms with Crippen LogP contribution in [-0.4, -0.2) is 10.9 Å². The van der Waals surface area contributed by atoms with Gasteiger partial charge in [-0.3, -0.25) is 4.79 Å². The lowest BCUT2D eigenvalue weighted by atomic mass is 9.83. The molecule has 0 saturated heterocycles. The van der Waals surface area contributed by atoms with Gasteiger partial charge in [0.05, 0.1) is 5.69 Å². The van der Waals surface area contributed by atoms with Crippen LogP contribution in [0, 0.1) is 17.8 Å². The molecule has 0 aliphatic heterocycles. The number of nitrogens with zero attached hydrogens (tertiary/aromatic N) is 1. The Labute approximate surface area is 121 Å². The number of nitrogens with one attached hydrogen (secondary N) is 1. The third kappa shape index (κ3) is 2.91. The molecule has 1 aliphatic rings. The quantitative estimate of drug-likeness (QED) is 0.863. The fourth-order valence-corrected chi connectivity index (χ4v) is 2.66. The van der Waals surface area contributed by atoms with E-state index in [2.05, 4.69) is 16.4 Å². The van der Waals surface area contributed by atoms with Crippen molar-refractivity contribution >= 4 is 11.6 Å². The van der Waals surface area contributed by atoms with Crippen molar-refractivity contribution in [3.05, 3.63) is 59.4 Å². The summed E-state index contributed by atoms with van der Waals surface area (Å²) in [6, 6.07) is 10.2. The highest BCUT2D eigenvalue weighted by Gasteiger charge is 2.25. The van der Waals surface area contributed by atoms with Crippen LogP contribution in [0.15, 0.2) is 36.4 Å². The van der Waals surface area contributed by atoms with Crippen LogP contribution in [0.2, 0.25) is 0 Å². The number of benzene rings is 1. The molecule has 1 amide bonds. The summed E-state index contributed by atoms with van der Waals surface area (Å²) in [4.78, 5) is 15.3. The third-order valence-electron chi connectivity index (χ3n) is 3.79. The Bertz CT molecular complexity index is 688. The number of rotatable bonds is 2. The molecule has 5 heteroatoms. The van der Waals surface area contributed by atoms with E-state index in [4.69, 9.17) is 0 Å². The van der Waals surface area contributed by atoms with E-state index in [0.29, 0.717) is 6.42 Å². The summed E-state index contributed by atoms with van der Waals surface area (Å²) in [6.45, 7) is 0. The van der Waals surface area contributed by atoms with Crippen molar-refractivity contribution in [2.75, 3.05) is 5.32 Å². The smallest absolute Gasteiger partial charge is 0.239 e. The van der Waals surface area contributed by atoms with Crippen LogP contribution in [-0.2, 0) is 17.6 Å². The second-order valence-corrected chi connectivity index (χ2v) is 5.17. The van der Waals surface area contributed by atoms with Crippen LogP contribution >= 0.6 is 0 Å². The number of pyridine rings is 1. The largest absolute Gasteiger partial charge is 0.322 e. The molecule has 21 heavy (non-hydrogen) atoms. The lowest BCUT2D eigenvalue weighted by Gasteiger charge is -2.23. The first-order chi connectivity index (χ1) is 10.1. The molecule has 0 fully saturated rings. The van der Waals surface area contributed by atoms with Crippen LogP contribution < -0.4 is 5.32 Å². The number of hydrogen-bond acceptors (Lipinski definition) is 2. The minimum absolute atomic E-state index is 0.0831. The van der Waals surface area contributed by atoms with Gasteiger partial charge in [-0.25, -0.2) is 0 Å². The molecule has 3 nitrogen and oxygen atoms in total. The number of aryl methyl sites for hydroxylation is 1. The summed E-state index contributed by atoms with van der Waals surface area (Å²) >= 11 is 0. The zero-order chi connectivity index (χ0) is 14.8. The Balaban J connectivity index is 1.72. The standard InChI is InChI=1S/C16H14F2N2O/c17-14-8-7-13(15(18)20-14)19-16(21)12-6-5-10-3-1-2-4-11(10)9-12/h1-4,7-8,12H,5-6,9H2,(H,19,21). The van der Waals surface area contributed by atoms with Crippen molar-refractivity contribution in [3.8, 4) is 0 Å². The first-order valence-electron chi connectivity index (χ1n) is 6.83. The van der Waals surface area contributed by atoms with E-state index in [1.165, 1.54) is 11.6 Å². The van der Waals surface area contributed by atoms with Crippen molar-refractivity contribution in [1.82, 2.24) is 4.98 Å². The van der Waals surface area contributed by atoms with Gasteiger partial charge in [-0.1, -0.05) is 24.3 Å². The van der Waals surface area contributed by atoms with Gasteiger partial charge in [-0.05, 0) is 42.5 Å². The normalized spacial score (nSPS) is 17.1. The Kier molecular flexibility index (Phi) is 3.64. The Morgan fingerprint density at radius 1 is 1.14 bits per heavy atom. The van der Waals surface area contributed by atoms with Gasteiger partial charge >= 0.3 is 0 Å². The van der Waals surface area contributed by atoms with Gasteiger partial charge < -0.3 is 5.32 Å². The predicted molar refractivity (Wildman–Crippen MR) is 74.7 cm³/mol. The van der Waals surface area contributed by atoms with Gasteiger partial charge in [0.15, 0.2) is 0 Å². The molecule has 1 unspecified atom stereocenters. The minimum atomic E-state index is -1.00. The van der Waals surface area contributed by atoms with Crippen molar-refractivity contribution in [3.63, 3.8) is 0 Å². The average molecular weight is 288 g/mol. The topological polar surface area (TPSA) is 42.0 Å². The van der Waals surface area contributed by atoms with Crippen molar-refractivity contribution in [2.45, 2.75) is 19.3 Å². The number of carbonyl (C=O) groups is 1. The fraction of sp³-hybridized carbons (Fsp3) is 0.250. The summed E-state index contributed by atoms with van der Waals surface area (Å²) in [7, 11) is 0. The highest BCUT2D eigenvalue weighted by Crippen LogP contribution is 2.26. The molecule has 1 aliphatic carbocycles. The van der Waals surface area contributed by atoms with E-state index in [9.17, 15) is 13.6 Å². The molecule has 3 rings (SSSR count). The van der Waals surface area contributed by atoms with Crippen LogP contribution in [0.25, 0.3) is 0 Å². The average Bonchev–Trinajstić information content (AvgIpc) is 2.49. The Hall–Kier alpha value is -2.30. The lowest BCUT2D eigenvalue weighted by molar-refractivity contribution is -0.120. The molecule has 2 aromatic rings. The van der Waals surface area contributed by atoms with Gasteiger partial charge in [-0.15, -0.1) is 0 Å². The first-order valence-corrected chi connectivity index (χ1v) is 6.83. The summed E-state index contributed by atoms with van der Waals surface area (Å²) < 4.78 is 26.2. The van der Waals surface area contributed by atoms with Gasteiger partial charge in [0.1, 0.15) is 0 Å². The van der Waals surface area contributed by atoms with Crippen LogP contribution in [0.4, 0.5) is 14.5 Å². The number of anilines is 1. The maximum absolute atomic E-state index is 13.5. The highest BCUT2D eigenvalue weighted by atomic mass is 19.1. The second-order valence-electron chi connectivity index (χ2n) is 5.17. The minimum Gasteiger partial charge on any atom is -0.322 e.